The van der Waals surface area contributed by atoms with Crippen molar-refractivity contribution in [3.05, 3.63) is 21.9 Å². The molecule has 1 aromatic heterocycles. The summed E-state index contributed by atoms with van der Waals surface area (Å²) in [4.78, 5) is 9.14. The van der Waals surface area contributed by atoms with Crippen molar-refractivity contribution in [1.82, 2.24) is 0 Å². The summed E-state index contributed by atoms with van der Waals surface area (Å²) in [6.45, 7) is 0. The van der Waals surface area contributed by atoms with E-state index in [9.17, 15) is 31.1 Å². The second kappa shape index (κ2) is 4.86. The lowest BCUT2D eigenvalue weighted by atomic mass is 10.1. The van der Waals surface area contributed by atoms with Crippen LogP contribution in [0.25, 0.3) is 0 Å². The minimum absolute atomic E-state index is 0.0810. The Morgan fingerprint density at radius 2 is 1.74 bits per heavy atom. The van der Waals surface area contributed by atoms with Crippen molar-refractivity contribution in [3.63, 3.8) is 0 Å². The van der Waals surface area contributed by atoms with Crippen molar-refractivity contribution in [3.8, 4) is 0 Å². The smallest absolute Gasteiger partial charge is 0.391 e. The Bertz CT molecular complexity index is 481. The molecule has 0 saturated heterocycles. The van der Waals surface area contributed by atoms with E-state index in [0.29, 0.717) is 6.07 Å². The van der Waals surface area contributed by atoms with Crippen LogP contribution in [0.1, 0.15) is 14.5 Å². The molecule has 0 N–H and O–H groups in total. The SMILES string of the molecule is COC(=O)c1ccc(C(F)(F)C(F)(F)C(F)(F)Cl)s1. The summed E-state index contributed by atoms with van der Waals surface area (Å²) in [7, 11) is 0.946. The molecule has 0 amide bonds. The third kappa shape index (κ3) is 2.66. The van der Waals surface area contributed by atoms with Crippen molar-refractivity contribution in [2.75, 3.05) is 7.11 Å². The van der Waals surface area contributed by atoms with E-state index in [2.05, 4.69) is 16.3 Å². The van der Waals surface area contributed by atoms with Crippen molar-refractivity contribution < 1.29 is 35.9 Å². The molecule has 2 nitrogen and oxygen atoms in total. The quantitative estimate of drug-likeness (QED) is 0.473. The van der Waals surface area contributed by atoms with E-state index >= 15 is 0 Å². The van der Waals surface area contributed by atoms with Crippen LogP contribution in [0, 0.1) is 0 Å². The lowest BCUT2D eigenvalue weighted by Gasteiger charge is -2.28. The Labute approximate surface area is 111 Å². The van der Waals surface area contributed by atoms with E-state index in [1.807, 2.05) is 0 Å². The third-order valence-corrected chi connectivity index (χ3v) is 3.42. The Morgan fingerprint density at radius 3 is 2.16 bits per heavy atom. The van der Waals surface area contributed by atoms with Crippen LogP contribution in [0.4, 0.5) is 26.3 Å². The fourth-order valence-electron chi connectivity index (χ4n) is 1.05. The molecule has 0 fully saturated rings. The highest BCUT2D eigenvalue weighted by molar-refractivity contribution is 7.14. The summed E-state index contributed by atoms with van der Waals surface area (Å²) < 4.78 is 81.5. The molecule has 1 rings (SSSR count). The summed E-state index contributed by atoms with van der Waals surface area (Å²) in [6, 6.07) is 1.20. The molecule has 0 aromatic carbocycles. The molecule has 0 saturated carbocycles. The molecule has 0 radical (unpaired) electrons. The number of methoxy groups -OCH3 is 1. The predicted molar refractivity (Wildman–Crippen MR) is 55.3 cm³/mol. The zero-order valence-corrected chi connectivity index (χ0v) is 10.6. The van der Waals surface area contributed by atoms with Gasteiger partial charge in [-0.25, -0.2) is 4.79 Å². The molecule has 19 heavy (non-hydrogen) atoms. The normalized spacial score (nSPS) is 13.5. The van der Waals surface area contributed by atoms with Crippen LogP contribution < -0.4 is 0 Å². The molecule has 10 heteroatoms. The molecule has 0 atom stereocenters. The van der Waals surface area contributed by atoms with Crippen LogP contribution in [0.3, 0.4) is 0 Å². The Kier molecular flexibility index (Phi) is 4.12. The standard InChI is InChI=1S/C9H5ClF6O2S/c1-18-6(17)4-2-3-5(19-4)7(11,12)8(13,14)9(10,15)16/h2-3H,1H3. The molecule has 0 spiro atoms. The first-order valence-electron chi connectivity index (χ1n) is 4.46. The molecule has 0 aliphatic rings. The number of ether oxygens (including phenoxy) is 1. The number of esters is 1. The van der Waals surface area contributed by atoms with E-state index in [-0.39, 0.29) is 11.3 Å². The minimum Gasteiger partial charge on any atom is -0.465 e. The molecule has 1 aromatic rings. The summed E-state index contributed by atoms with van der Waals surface area (Å²) in [5, 5.41) is -5.44. The fourth-order valence-corrected chi connectivity index (χ4v) is 2.10. The number of carbonyl (C=O) groups is 1. The lowest BCUT2D eigenvalue weighted by molar-refractivity contribution is -0.284. The van der Waals surface area contributed by atoms with Gasteiger partial charge in [0.15, 0.2) is 0 Å². The van der Waals surface area contributed by atoms with Gasteiger partial charge in [0.25, 0.3) is 0 Å². The highest BCUT2D eigenvalue weighted by atomic mass is 35.5. The van der Waals surface area contributed by atoms with Gasteiger partial charge in [-0.2, -0.15) is 26.3 Å². The van der Waals surface area contributed by atoms with Crippen LogP contribution >= 0.6 is 22.9 Å². The highest BCUT2D eigenvalue weighted by Crippen LogP contribution is 2.54. The van der Waals surface area contributed by atoms with Crippen molar-refractivity contribution >= 4 is 28.9 Å². The topological polar surface area (TPSA) is 26.3 Å². The van der Waals surface area contributed by atoms with E-state index < -0.39 is 33.0 Å². The second-order valence-corrected chi connectivity index (χ2v) is 4.86. The Morgan fingerprint density at radius 1 is 1.21 bits per heavy atom. The van der Waals surface area contributed by atoms with Crippen LogP contribution in [0.5, 0.6) is 0 Å². The fraction of sp³-hybridized carbons (Fsp3) is 0.444. The van der Waals surface area contributed by atoms with Gasteiger partial charge in [-0.15, -0.1) is 11.3 Å². The average Bonchev–Trinajstić information content (AvgIpc) is 2.75. The summed E-state index contributed by atoms with van der Waals surface area (Å²) in [6.07, 6.45) is 0. The van der Waals surface area contributed by atoms with E-state index in [1.54, 1.807) is 0 Å². The van der Waals surface area contributed by atoms with Crippen molar-refractivity contribution in [1.29, 1.82) is 0 Å². The van der Waals surface area contributed by atoms with Crippen LogP contribution in [0.2, 0.25) is 0 Å². The molecule has 108 valence electrons. The summed E-state index contributed by atoms with van der Waals surface area (Å²) in [5.74, 6) is -12.1. The first-order valence-corrected chi connectivity index (χ1v) is 5.65. The maximum absolute atomic E-state index is 13.4. The van der Waals surface area contributed by atoms with E-state index in [4.69, 9.17) is 0 Å². The molecule has 0 aliphatic heterocycles. The average molecular weight is 327 g/mol. The molecular weight excluding hydrogens is 322 g/mol. The zero-order chi connectivity index (χ0) is 15.1. The predicted octanol–water partition coefficient (Wildman–Crippen LogP) is 4.09. The second-order valence-electron chi connectivity index (χ2n) is 3.30. The number of alkyl halides is 7. The maximum atomic E-state index is 13.4. The molecule has 0 unspecified atom stereocenters. The Hall–Kier alpha value is -0.960. The third-order valence-electron chi connectivity index (χ3n) is 2.05. The van der Waals surface area contributed by atoms with Gasteiger partial charge in [-0.3, -0.25) is 0 Å². The van der Waals surface area contributed by atoms with Gasteiger partial charge in [0.05, 0.1) is 12.0 Å². The van der Waals surface area contributed by atoms with Gasteiger partial charge in [0, 0.05) is 0 Å². The summed E-state index contributed by atoms with van der Waals surface area (Å²) >= 11 is 3.92. The van der Waals surface area contributed by atoms with Crippen molar-refractivity contribution in [2.45, 2.75) is 17.2 Å². The van der Waals surface area contributed by atoms with E-state index in [1.165, 1.54) is 0 Å². The van der Waals surface area contributed by atoms with Crippen LogP contribution in [-0.4, -0.2) is 24.4 Å². The number of carbonyl (C=O) groups excluding carboxylic acids is 1. The van der Waals surface area contributed by atoms with Gasteiger partial charge in [0.2, 0.25) is 0 Å². The molecule has 0 bridgehead atoms. The lowest BCUT2D eigenvalue weighted by Crippen LogP contribution is -2.49. The minimum atomic E-state index is -5.81. The Balaban J connectivity index is 3.21. The van der Waals surface area contributed by atoms with Gasteiger partial charge in [0.1, 0.15) is 4.88 Å². The largest absolute Gasteiger partial charge is 0.465 e. The monoisotopic (exact) mass is 326 g/mol. The first kappa shape index (κ1) is 16.1. The maximum Gasteiger partial charge on any atom is 0.391 e. The van der Waals surface area contributed by atoms with Gasteiger partial charge in [-0.1, -0.05) is 0 Å². The number of halogens is 7. The molecular formula is C9H5ClF6O2S. The highest BCUT2D eigenvalue weighted by Gasteiger charge is 2.72. The number of hydrogen-bond donors (Lipinski definition) is 0. The van der Waals surface area contributed by atoms with Crippen LogP contribution in [-0.2, 0) is 10.7 Å². The summed E-state index contributed by atoms with van der Waals surface area (Å²) in [5.41, 5.74) is 0. The van der Waals surface area contributed by atoms with Crippen LogP contribution in [0.15, 0.2) is 12.1 Å². The zero-order valence-electron chi connectivity index (χ0n) is 9.03. The van der Waals surface area contributed by atoms with E-state index in [0.717, 1.165) is 13.2 Å². The van der Waals surface area contributed by atoms with Gasteiger partial charge in [-0.05, 0) is 23.7 Å². The number of hydrogen-bond acceptors (Lipinski definition) is 3. The number of thiophene rings is 1. The molecule has 0 aliphatic carbocycles. The first-order chi connectivity index (χ1) is 8.45. The number of rotatable bonds is 4. The van der Waals surface area contributed by atoms with Crippen molar-refractivity contribution in [2.24, 2.45) is 0 Å². The van der Waals surface area contributed by atoms with Gasteiger partial charge < -0.3 is 4.74 Å². The van der Waals surface area contributed by atoms with Gasteiger partial charge >= 0.3 is 23.2 Å². The molecule has 1 heterocycles.